The Labute approximate surface area is 108 Å². The first kappa shape index (κ1) is 13.1. The van der Waals surface area contributed by atoms with E-state index >= 15 is 0 Å². The van der Waals surface area contributed by atoms with E-state index < -0.39 is 0 Å². The van der Waals surface area contributed by atoms with E-state index in [4.69, 9.17) is 10.2 Å². The zero-order valence-corrected chi connectivity index (χ0v) is 11.2. The van der Waals surface area contributed by atoms with Crippen molar-refractivity contribution in [3.8, 4) is 0 Å². The lowest BCUT2D eigenvalue weighted by Gasteiger charge is -2.22. The molecule has 0 bridgehead atoms. The Kier molecular flexibility index (Phi) is 3.99. The highest BCUT2D eigenvalue weighted by atomic mass is 16.3. The quantitative estimate of drug-likeness (QED) is 0.851. The number of aryl methyl sites for hydroxylation is 1. The van der Waals surface area contributed by atoms with E-state index in [9.17, 15) is 0 Å². The summed E-state index contributed by atoms with van der Waals surface area (Å²) >= 11 is 0. The maximum Gasteiger partial charge on any atom is 0.192 e. The highest BCUT2D eigenvalue weighted by molar-refractivity contribution is 5.73. The SMILES string of the molecule is CCC(CNC)C(N)c1ccc2nc(C)oc2c1. The highest BCUT2D eigenvalue weighted by Gasteiger charge is 2.18. The molecule has 0 saturated heterocycles. The molecule has 1 heterocycles. The number of nitrogens with zero attached hydrogens (tertiary/aromatic N) is 1. The van der Waals surface area contributed by atoms with Gasteiger partial charge in [-0.1, -0.05) is 19.4 Å². The van der Waals surface area contributed by atoms with Crippen LogP contribution in [0.15, 0.2) is 22.6 Å². The number of hydrogen-bond donors (Lipinski definition) is 2. The lowest BCUT2D eigenvalue weighted by Crippen LogP contribution is -2.29. The summed E-state index contributed by atoms with van der Waals surface area (Å²) < 4.78 is 5.55. The van der Waals surface area contributed by atoms with Crippen LogP contribution in [0.4, 0.5) is 0 Å². The molecule has 18 heavy (non-hydrogen) atoms. The van der Waals surface area contributed by atoms with Crippen molar-refractivity contribution >= 4 is 11.1 Å². The zero-order chi connectivity index (χ0) is 13.1. The molecule has 4 heteroatoms. The number of nitrogens with two attached hydrogens (primary N) is 1. The van der Waals surface area contributed by atoms with Crippen LogP contribution < -0.4 is 11.1 Å². The van der Waals surface area contributed by atoms with Crippen molar-refractivity contribution in [2.75, 3.05) is 13.6 Å². The van der Waals surface area contributed by atoms with Crippen LogP contribution >= 0.6 is 0 Å². The Morgan fingerprint density at radius 3 is 2.89 bits per heavy atom. The molecule has 0 amide bonds. The first-order valence-electron chi connectivity index (χ1n) is 6.43. The second-order valence-electron chi connectivity index (χ2n) is 4.71. The summed E-state index contributed by atoms with van der Waals surface area (Å²) in [6.45, 7) is 4.94. The maximum atomic E-state index is 6.33. The molecule has 4 nitrogen and oxygen atoms in total. The standard InChI is InChI=1S/C14H21N3O/c1-4-10(8-16-3)14(15)11-5-6-12-13(7-11)18-9(2)17-12/h5-7,10,14,16H,4,8,15H2,1-3H3. The Bertz CT molecular complexity index is 521. The molecule has 0 radical (unpaired) electrons. The number of rotatable bonds is 5. The number of nitrogens with one attached hydrogen (secondary N) is 1. The topological polar surface area (TPSA) is 64.1 Å². The fourth-order valence-corrected chi connectivity index (χ4v) is 2.32. The monoisotopic (exact) mass is 247 g/mol. The van der Waals surface area contributed by atoms with Gasteiger partial charge in [0.05, 0.1) is 0 Å². The summed E-state index contributed by atoms with van der Waals surface area (Å²) in [6.07, 6.45) is 1.05. The van der Waals surface area contributed by atoms with Gasteiger partial charge in [-0.3, -0.25) is 0 Å². The Balaban J connectivity index is 2.28. The Hall–Kier alpha value is -1.39. The summed E-state index contributed by atoms with van der Waals surface area (Å²) in [4.78, 5) is 4.30. The number of aromatic nitrogens is 1. The molecule has 98 valence electrons. The van der Waals surface area contributed by atoms with Crippen molar-refractivity contribution in [3.63, 3.8) is 0 Å². The molecule has 0 aliphatic rings. The van der Waals surface area contributed by atoms with Gasteiger partial charge in [0.2, 0.25) is 0 Å². The minimum absolute atomic E-state index is 0.0252. The molecule has 0 fully saturated rings. The van der Waals surface area contributed by atoms with Crippen LogP contribution in [0.5, 0.6) is 0 Å². The summed E-state index contributed by atoms with van der Waals surface area (Å²) in [5.74, 6) is 1.12. The van der Waals surface area contributed by atoms with Crippen molar-refractivity contribution in [2.24, 2.45) is 11.7 Å². The minimum atomic E-state index is 0.0252. The molecule has 0 saturated carbocycles. The zero-order valence-electron chi connectivity index (χ0n) is 11.2. The number of oxazole rings is 1. The Morgan fingerprint density at radius 1 is 1.44 bits per heavy atom. The summed E-state index contributed by atoms with van der Waals surface area (Å²) in [5.41, 5.74) is 9.16. The van der Waals surface area contributed by atoms with Gasteiger partial charge >= 0.3 is 0 Å². The van der Waals surface area contributed by atoms with Gasteiger partial charge in [0.15, 0.2) is 11.5 Å². The third-order valence-corrected chi connectivity index (χ3v) is 3.40. The molecule has 0 aliphatic carbocycles. The van der Waals surface area contributed by atoms with Gasteiger partial charge in [0, 0.05) is 13.0 Å². The molecule has 2 rings (SSSR count). The summed E-state index contributed by atoms with van der Waals surface area (Å²) in [7, 11) is 1.96. The molecule has 1 aromatic heterocycles. The van der Waals surface area contributed by atoms with Crippen LogP contribution in [0.2, 0.25) is 0 Å². The molecule has 2 unspecified atom stereocenters. The van der Waals surface area contributed by atoms with Gasteiger partial charge < -0.3 is 15.5 Å². The van der Waals surface area contributed by atoms with Crippen molar-refractivity contribution < 1.29 is 4.42 Å². The molecule has 2 aromatic rings. The second kappa shape index (κ2) is 5.50. The van der Waals surface area contributed by atoms with Crippen molar-refractivity contribution in [2.45, 2.75) is 26.3 Å². The molecular weight excluding hydrogens is 226 g/mol. The van der Waals surface area contributed by atoms with Crippen LogP contribution in [0.25, 0.3) is 11.1 Å². The third kappa shape index (κ3) is 2.54. The van der Waals surface area contributed by atoms with Gasteiger partial charge in [-0.25, -0.2) is 4.98 Å². The Morgan fingerprint density at radius 2 is 2.22 bits per heavy atom. The summed E-state index contributed by atoms with van der Waals surface area (Å²) in [5, 5.41) is 3.19. The maximum absolute atomic E-state index is 6.33. The van der Waals surface area contributed by atoms with E-state index in [1.807, 2.05) is 32.2 Å². The molecule has 0 spiro atoms. The molecule has 2 atom stereocenters. The van der Waals surface area contributed by atoms with Gasteiger partial charge in [-0.05, 0) is 37.2 Å². The summed E-state index contributed by atoms with van der Waals surface area (Å²) in [6, 6.07) is 6.07. The second-order valence-corrected chi connectivity index (χ2v) is 4.71. The van der Waals surface area contributed by atoms with Crippen LogP contribution in [-0.2, 0) is 0 Å². The van der Waals surface area contributed by atoms with Gasteiger partial charge in [0.1, 0.15) is 5.52 Å². The molecular formula is C14H21N3O. The predicted octanol–water partition coefficient (Wildman–Crippen LogP) is 2.38. The van der Waals surface area contributed by atoms with E-state index in [1.165, 1.54) is 0 Å². The average molecular weight is 247 g/mol. The fourth-order valence-electron chi connectivity index (χ4n) is 2.32. The van der Waals surface area contributed by atoms with Gasteiger partial charge in [-0.2, -0.15) is 0 Å². The van der Waals surface area contributed by atoms with Crippen LogP contribution in [0.1, 0.15) is 30.8 Å². The number of benzene rings is 1. The molecule has 3 N–H and O–H groups in total. The van der Waals surface area contributed by atoms with Crippen LogP contribution in [0.3, 0.4) is 0 Å². The average Bonchev–Trinajstić information content (AvgIpc) is 2.74. The van der Waals surface area contributed by atoms with E-state index in [0.717, 1.165) is 29.6 Å². The van der Waals surface area contributed by atoms with E-state index in [2.05, 4.69) is 17.2 Å². The predicted molar refractivity (Wildman–Crippen MR) is 73.4 cm³/mol. The van der Waals surface area contributed by atoms with E-state index in [-0.39, 0.29) is 6.04 Å². The van der Waals surface area contributed by atoms with Crippen molar-refractivity contribution in [1.29, 1.82) is 0 Å². The first-order chi connectivity index (χ1) is 8.65. The van der Waals surface area contributed by atoms with Gasteiger partial charge in [-0.15, -0.1) is 0 Å². The third-order valence-electron chi connectivity index (χ3n) is 3.40. The van der Waals surface area contributed by atoms with Crippen LogP contribution in [0, 0.1) is 12.8 Å². The lowest BCUT2D eigenvalue weighted by molar-refractivity contribution is 0.403. The molecule has 0 aliphatic heterocycles. The smallest absolute Gasteiger partial charge is 0.192 e. The van der Waals surface area contributed by atoms with E-state index in [0.29, 0.717) is 11.8 Å². The fraction of sp³-hybridized carbons (Fsp3) is 0.500. The van der Waals surface area contributed by atoms with Gasteiger partial charge in [0.25, 0.3) is 0 Å². The first-order valence-corrected chi connectivity index (χ1v) is 6.43. The number of hydrogen-bond acceptors (Lipinski definition) is 4. The molecule has 1 aromatic carbocycles. The largest absolute Gasteiger partial charge is 0.441 e. The van der Waals surface area contributed by atoms with E-state index in [1.54, 1.807) is 0 Å². The highest BCUT2D eigenvalue weighted by Crippen LogP contribution is 2.25. The lowest BCUT2D eigenvalue weighted by atomic mass is 9.91. The normalized spacial score (nSPS) is 14.9. The minimum Gasteiger partial charge on any atom is -0.441 e. The van der Waals surface area contributed by atoms with Crippen molar-refractivity contribution in [1.82, 2.24) is 10.3 Å². The number of fused-ring (bicyclic) bond motifs is 1. The van der Waals surface area contributed by atoms with Crippen molar-refractivity contribution in [3.05, 3.63) is 29.7 Å². The van der Waals surface area contributed by atoms with Crippen LogP contribution in [-0.4, -0.2) is 18.6 Å².